The van der Waals surface area contributed by atoms with Gasteiger partial charge in [0.1, 0.15) is 16.8 Å². The van der Waals surface area contributed by atoms with Gasteiger partial charge in [0.15, 0.2) is 17.3 Å². The number of morpholine rings is 2. The molecule has 4 aromatic rings. The van der Waals surface area contributed by atoms with Crippen molar-refractivity contribution in [2.75, 3.05) is 84.1 Å². The van der Waals surface area contributed by atoms with Crippen molar-refractivity contribution in [3.63, 3.8) is 0 Å². The van der Waals surface area contributed by atoms with Crippen molar-refractivity contribution in [2.45, 2.75) is 18.9 Å². The number of pyridine rings is 1. The zero-order valence-corrected chi connectivity index (χ0v) is 27.3. The van der Waals surface area contributed by atoms with E-state index in [0.29, 0.717) is 75.0 Å². The molecule has 3 aliphatic heterocycles. The summed E-state index contributed by atoms with van der Waals surface area (Å²) in [5.74, 6) is -0.591. The molecule has 1 amide bonds. The Morgan fingerprint density at radius 1 is 0.939 bits per heavy atom. The summed E-state index contributed by atoms with van der Waals surface area (Å²) in [4.78, 5) is 32.0. The van der Waals surface area contributed by atoms with E-state index in [2.05, 4.69) is 20.4 Å². The van der Waals surface area contributed by atoms with Gasteiger partial charge in [0.05, 0.1) is 43.6 Å². The maximum Gasteiger partial charge on any atom is 0.256 e. The standard InChI is InChI=1S/C37H40FN5O6/c38-29-19-27-34-36(33(29)39-6-3-8-41-10-14-47-15-11-41)49-32-21-26-25(24-5-2-1-4-23(24)18-31(26)44)20-30(32)43(34)22-28(35(27)45)37(46)40-7-9-42-12-16-48-17-13-42/h1-2,4-5,19-22,31,39,44H,3,6-18H2,(H,40,46). The van der Waals surface area contributed by atoms with Crippen molar-refractivity contribution in [2.24, 2.45) is 0 Å². The molecule has 0 saturated carbocycles. The number of carbonyl (C=O) groups is 1. The normalized spacial score (nSPS) is 18.7. The molecule has 11 nitrogen and oxygen atoms in total. The second-order valence-corrected chi connectivity index (χ2v) is 13.0. The van der Waals surface area contributed by atoms with Crippen LogP contribution in [0, 0.1) is 5.82 Å². The van der Waals surface area contributed by atoms with E-state index in [1.54, 1.807) is 10.6 Å². The quantitative estimate of drug-likeness (QED) is 0.202. The van der Waals surface area contributed by atoms with Gasteiger partial charge in [0.2, 0.25) is 5.43 Å². The summed E-state index contributed by atoms with van der Waals surface area (Å²) < 4.78 is 35.1. The van der Waals surface area contributed by atoms with Crippen LogP contribution in [0.1, 0.15) is 34.0 Å². The number of nitrogens with one attached hydrogen (secondary N) is 2. The number of carbonyl (C=O) groups excluding carboxylic acids is 1. The van der Waals surface area contributed by atoms with E-state index in [0.717, 1.165) is 55.8 Å². The Hall–Kier alpha value is -4.33. The minimum Gasteiger partial charge on any atom is -0.451 e. The van der Waals surface area contributed by atoms with E-state index in [4.69, 9.17) is 14.2 Å². The van der Waals surface area contributed by atoms with Crippen LogP contribution in [0.3, 0.4) is 0 Å². The van der Waals surface area contributed by atoms with Crippen LogP contribution in [-0.2, 0) is 15.9 Å². The van der Waals surface area contributed by atoms with Crippen molar-refractivity contribution in [3.8, 4) is 28.3 Å². The maximum absolute atomic E-state index is 16.0. The van der Waals surface area contributed by atoms with Crippen LogP contribution in [0.4, 0.5) is 10.1 Å². The number of aliphatic hydroxyl groups is 1. The van der Waals surface area contributed by atoms with Gasteiger partial charge in [-0.3, -0.25) is 19.4 Å². The number of ether oxygens (including phenoxy) is 3. The Labute approximate surface area is 283 Å². The first-order chi connectivity index (χ1) is 24.0. The molecule has 3 N–H and O–H groups in total. The average molecular weight is 670 g/mol. The first kappa shape index (κ1) is 31.9. The Balaban J connectivity index is 1.19. The Kier molecular flexibility index (Phi) is 8.81. The van der Waals surface area contributed by atoms with Gasteiger partial charge in [-0.25, -0.2) is 4.39 Å². The van der Waals surface area contributed by atoms with Gasteiger partial charge in [-0.1, -0.05) is 24.3 Å². The highest BCUT2D eigenvalue weighted by atomic mass is 19.1. The Morgan fingerprint density at radius 2 is 1.67 bits per heavy atom. The molecule has 256 valence electrons. The number of hydrogen-bond donors (Lipinski definition) is 3. The monoisotopic (exact) mass is 669 g/mol. The number of aliphatic hydroxyl groups excluding tert-OH is 1. The highest BCUT2D eigenvalue weighted by molar-refractivity contribution is 6.01. The number of fused-ring (bicyclic) bond motifs is 5. The number of hydrogen-bond acceptors (Lipinski definition) is 9. The molecule has 0 bridgehead atoms. The Bertz CT molecular complexity index is 1970. The van der Waals surface area contributed by atoms with Crippen LogP contribution in [0.2, 0.25) is 0 Å². The largest absolute Gasteiger partial charge is 0.451 e. The van der Waals surface area contributed by atoms with E-state index in [1.807, 2.05) is 30.3 Å². The molecule has 3 aromatic carbocycles. The van der Waals surface area contributed by atoms with Gasteiger partial charge in [-0.05, 0) is 53.4 Å². The molecule has 12 heteroatoms. The third-order valence-electron chi connectivity index (χ3n) is 10.00. The third kappa shape index (κ3) is 6.08. The molecular weight excluding hydrogens is 629 g/mol. The van der Waals surface area contributed by atoms with Gasteiger partial charge < -0.3 is 34.5 Å². The molecule has 1 aliphatic carbocycles. The number of rotatable bonds is 9. The molecule has 1 aromatic heterocycles. The predicted octanol–water partition coefficient (Wildman–Crippen LogP) is 3.69. The Morgan fingerprint density at radius 3 is 2.45 bits per heavy atom. The lowest BCUT2D eigenvalue weighted by molar-refractivity contribution is 0.0378. The minimum atomic E-state index is -0.757. The van der Waals surface area contributed by atoms with Gasteiger partial charge in [0, 0.05) is 58.4 Å². The summed E-state index contributed by atoms with van der Waals surface area (Å²) in [5, 5.41) is 17.4. The van der Waals surface area contributed by atoms with Crippen molar-refractivity contribution < 1.29 is 28.5 Å². The molecule has 4 aliphatic rings. The second-order valence-electron chi connectivity index (χ2n) is 13.0. The summed E-state index contributed by atoms with van der Waals surface area (Å²) >= 11 is 0. The zero-order valence-electron chi connectivity index (χ0n) is 27.3. The summed E-state index contributed by atoms with van der Waals surface area (Å²) in [6.45, 7) is 8.30. The van der Waals surface area contributed by atoms with E-state index in [1.165, 1.54) is 12.3 Å². The second kappa shape index (κ2) is 13.5. The molecule has 4 heterocycles. The molecule has 0 spiro atoms. The van der Waals surface area contributed by atoms with E-state index < -0.39 is 23.3 Å². The van der Waals surface area contributed by atoms with Crippen LogP contribution >= 0.6 is 0 Å². The topological polar surface area (TPSA) is 118 Å². The summed E-state index contributed by atoms with van der Waals surface area (Å²) in [7, 11) is 0. The van der Waals surface area contributed by atoms with Crippen LogP contribution in [-0.4, -0.2) is 104 Å². The SMILES string of the molecule is O=C(NCCN1CCOCC1)c1cn2c3c(c(NCCCN4CCOCC4)c(F)cc3c1=O)Oc1cc3c(cc1-2)-c1ccccc1CC3O. The third-order valence-corrected chi connectivity index (χ3v) is 10.00. The molecule has 1 atom stereocenters. The number of aromatic nitrogens is 1. The molecule has 0 radical (unpaired) electrons. The fourth-order valence-corrected chi connectivity index (χ4v) is 7.38. The van der Waals surface area contributed by atoms with Crippen molar-refractivity contribution >= 4 is 22.5 Å². The van der Waals surface area contributed by atoms with Gasteiger partial charge in [-0.2, -0.15) is 0 Å². The predicted molar refractivity (Wildman–Crippen MR) is 184 cm³/mol. The molecule has 2 saturated heterocycles. The zero-order chi connectivity index (χ0) is 33.5. The van der Waals surface area contributed by atoms with Crippen LogP contribution in [0.15, 0.2) is 53.5 Å². The fourth-order valence-electron chi connectivity index (χ4n) is 7.38. The van der Waals surface area contributed by atoms with Gasteiger partial charge >= 0.3 is 0 Å². The van der Waals surface area contributed by atoms with E-state index in [-0.39, 0.29) is 22.4 Å². The molecular formula is C37H40FN5O6. The highest BCUT2D eigenvalue weighted by Crippen LogP contribution is 2.49. The molecule has 2 fully saturated rings. The maximum atomic E-state index is 16.0. The number of halogens is 1. The smallest absolute Gasteiger partial charge is 0.256 e. The lowest BCUT2D eigenvalue weighted by atomic mass is 9.83. The van der Waals surface area contributed by atoms with Gasteiger partial charge in [0.25, 0.3) is 5.91 Å². The first-order valence-corrected chi connectivity index (χ1v) is 17.1. The average Bonchev–Trinajstić information content (AvgIpc) is 3.12. The number of anilines is 1. The summed E-state index contributed by atoms with van der Waals surface area (Å²) in [5.41, 5.74) is 4.03. The summed E-state index contributed by atoms with van der Waals surface area (Å²) in [6.07, 6.45) is 2.01. The van der Waals surface area contributed by atoms with Crippen molar-refractivity contribution in [1.29, 1.82) is 0 Å². The summed E-state index contributed by atoms with van der Waals surface area (Å²) in [6, 6.07) is 12.9. The van der Waals surface area contributed by atoms with Crippen molar-refractivity contribution in [3.05, 3.63) is 81.4 Å². The minimum absolute atomic E-state index is 0.0519. The van der Waals surface area contributed by atoms with E-state index >= 15 is 4.39 Å². The molecule has 49 heavy (non-hydrogen) atoms. The number of nitrogens with zero attached hydrogens (tertiary/aromatic N) is 3. The van der Waals surface area contributed by atoms with Crippen LogP contribution < -0.4 is 20.8 Å². The first-order valence-electron chi connectivity index (χ1n) is 17.1. The highest BCUT2D eigenvalue weighted by Gasteiger charge is 2.32. The van der Waals surface area contributed by atoms with Crippen molar-refractivity contribution in [1.82, 2.24) is 19.7 Å². The van der Waals surface area contributed by atoms with Crippen LogP contribution in [0.5, 0.6) is 11.5 Å². The number of benzene rings is 3. The number of amides is 1. The van der Waals surface area contributed by atoms with E-state index in [9.17, 15) is 14.7 Å². The van der Waals surface area contributed by atoms with Crippen LogP contribution in [0.25, 0.3) is 27.7 Å². The van der Waals surface area contributed by atoms with Gasteiger partial charge in [-0.15, -0.1) is 0 Å². The molecule has 8 rings (SSSR count). The lowest BCUT2D eigenvalue weighted by Gasteiger charge is -2.30. The fraction of sp³-hybridized carbons (Fsp3) is 0.405. The molecule has 1 unspecified atom stereocenters. The lowest BCUT2D eigenvalue weighted by Crippen LogP contribution is -2.42.